The van der Waals surface area contributed by atoms with Crippen LogP contribution in [0.15, 0.2) is 43.3 Å². The number of sulfonamides is 1. The van der Waals surface area contributed by atoms with E-state index in [0.29, 0.717) is 8.95 Å². The molecule has 0 aliphatic rings. The molecule has 0 unspecified atom stereocenters. The van der Waals surface area contributed by atoms with Crippen LogP contribution in [0.4, 0.5) is 11.6 Å². The topological polar surface area (TPSA) is 158 Å². The molecule has 5 N–H and O–H groups in total. The first kappa shape index (κ1) is 25.0. The molecule has 0 amide bonds. The molecule has 0 aliphatic heterocycles. The number of pyridine rings is 2. The van der Waals surface area contributed by atoms with Crippen molar-refractivity contribution in [1.82, 2.24) is 14.7 Å². The third kappa shape index (κ3) is 7.79. The van der Waals surface area contributed by atoms with E-state index in [9.17, 15) is 16.8 Å². The summed E-state index contributed by atoms with van der Waals surface area (Å²) in [5.41, 5.74) is 10.3. The lowest BCUT2D eigenvalue weighted by Gasteiger charge is -2.20. The van der Waals surface area contributed by atoms with Gasteiger partial charge in [-0.2, -0.15) is 0 Å². The number of halogens is 3. The monoisotopic (exact) mass is 577 g/mol. The van der Waals surface area contributed by atoms with Gasteiger partial charge >= 0.3 is 0 Å². The summed E-state index contributed by atoms with van der Waals surface area (Å²) in [6, 6.07) is 2.72. The van der Waals surface area contributed by atoms with Crippen molar-refractivity contribution in [3.63, 3.8) is 0 Å². The van der Waals surface area contributed by atoms with Crippen LogP contribution in [-0.4, -0.2) is 32.3 Å². The highest BCUT2D eigenvalue weighted by atomic mass is 79.9. The summed E-state index contributed by atoms with van der Waals surface area (Å²) in [7, 11) is -2.37. The normalized spacial score (nSPS) is 12.2. The molecule has 2 aromatic heterocycles. The van der Waals surface area contributed by atoms with Gasteiger partial charge in [0.05, 0.1) is 0 Å². The molecule has 14 heteroatoms. The maximum atomic E-state index is 12.0. The van der Waals surface area contributed by atoms with Crippen LogP contribution >= 0.6 is 42.5 Å². The van der Waals surface area contributed by atoms with Gasteiger partial charge < -0.3 is 11.5 Å². The van der Waals surface area contributed by atoms with E-state index in [1.807, 2.05) is 0 Å². The molecule has 2 rings (SSSR count). The lowest BCUT2D eigenvalue weighted by molar-refractivity contribution is 0.491. The van der Waals surface area contributed by atoms with Crippen LogP contribution in [0, 0.1) is 0 Å². The highest BCUT2D eigenvalue weighted by Crippen LogP contribution is 2.23. The van der Waals surface area contributed by atoms with Crippen LogP contribution in [0.3, 0.4) is 0 Å². The average molecular weight is 580 g/mol. The fraction of sp³-hybridized carbons (Fsp3) is 0.286. The summed E-state index contributed by atoms with van der Waals surface area (Å²) in [4.78, 5) is 7.20. The fourth-order valence-electron chi connectivity index (χ4n) is 1.73. The lowest BCUT2D eigenvalue weighted by atomic mass is 10.1. The first-order valence-corrected chi connectivity index (χ1v) is 12.7. The quantitative estimate of drug-likeness (QED) is 0.468. The molecular weight excluding hydrogens is 562 g/mol. The van der Waals surface area contributed by atoms with Crippen molar-refractivity contribution >= 4 is 73.3 Å². The summed E-state index contributed by atoms with van der Waals surface area (Å²) >= 11 is 6.21. The van der Waals surface area contributed by atoms with Crippen molar-refractivity contribution in [2.75, 3.05) is 11.5 Å². The smallest absolute Gasteiger partial charge is 0.265 e. The third-order valence-electron chi connectivity index (χ3n) is 2.69. The van der Waals surface area contributed by atoms with Gasteiger partial charge in [-0.05, 0) is 64.8 Å². The van der Waals surface area contributed by atoms with Gasteiger partial charge in [-0.1, -0.05) is 0 Å². The Balaban J connectivity index is 0.000000292. The molecule has 156 valence electrons. The summed E-state index contributed by atoms with van der Waals surface area (Å²) in [6.45, 7) is 5.27. The number of hydrogen-bond acceptors (Lipinski definition) is 8. The second kappa shape index (κ2) is 9.22. The van der Waals surface area contributed by atoms with Crippen molar-refractivity contribution in [1.29, 1.82) is 0 Å². The Morgan fingerprint density at radius 1 is 0.929 bits per heavy atom. The predicted molar refractivity (Wildman–Crippen MR) is 116 cm³/mol. The number of nitrogens with two attached hydrogens (primary N) is 2. The third-order valence-corrected chi connectivity index (χ3v) is 6.70. The molecule has 0 spiro atoms. The molecule has 0 aromatic carbocycles. The van der Waals surface area contributed by atoms with Crippen LogP contribution in [0.5, 0.6) is 0 Å². The van der Waals surface area contributed by atoms with E-state index in [2.05, 4.69) is 46.5 Å². The summed E-state index contributed by atoms with van der Waals surface area (Å²) < 4.78 is 49.2. The van der Waals surface area contributed by atoms with E-state index in [0.717, 1.165) is 0 Å². The number of aromatic nitrogens is 2. The van der Waals surface area contributed by atoms with Gasteiger partial charge in [0, 0.05) is 37.6 Å². The number of nitrogens with one attached hydrogen (secondary N) is 1. The Hall–Kier alpha value is -0.990. The fourth-order valence-corrected chi connectivity index (χ4v) is 5.16. The van der Waals surface area contributed by atoms with Crippen LogP contribution < -0.4 is 16.2 Å². The molecule has 0 bridgehead atoms. The maximum absolute atomic E-state index is 12.0. The zero-order valence-electron chi connectivity index (χ0n) is 14.9. The summed E-state index contributed by atoms with van der Waals surface area (Å²) in [6.07, 6.45) is 2.84. The molecule has 0 radical (unpaired) electrons. The van der Waals surface area contributed by atoms with E-state index in [4.69, 9.17) is 22.1 Å². The minimum absolute atomic E-state index is 0.0139. The van der Waals surface area contributed by atoms with Crippen molar-refractivity contribution in [3.8, 4) is 0 Å². The van der Waals surface area contributed by atoms with E-state index >= 15 is 0 Å². The SMILES string of the molecule is CC(C)(C)NS(=O)(=O)c1cc(Br)cnc1N.Nc1ncc(Br)cc1S(=O)(=O)Cl. The molecule has 9 nitrogen and oxygen atoms in total. The minimum Gasteiger partial charge on any atom is -0.383 e. The molecule has 2 aromatic rings. The first-order valence-electron chi connectivity index (χ1n) is 7.33. The largest absolute Gasteiger partial charge is 0.383 e. The number of rotatable bonds is 3. The predicted octanol–water partition coefficient (Wildman–Crippen LogP) is 2.86. The van der Waals surface area contributed by atoms with Crippen LogP contribution in [-0.2, 0) is 19.1 Å². The standard InChI is InChI=1S/C9H14BrN3O2S.C5H4BrClN2O2S/c1-9(2,3)13-16(14,15)7-4-6(10)5-12-8(7)11;6-3-1-4(12(7,10)11)5(8)9-2-3/h4-5,13H,1-3H3,(H2,11,12);1-2H,(H2,8,9). The molecule has 28 heavy (non-hydrogen) atoms. The highest BCUT2D eigenvalue weighted by Gasteiger charge is 2.24. The summed E-state index contributed by atoms with van der Waals surface area (Å²) in [5, 5.41) is 0. The molecule has 0 atom stereocenters. The lowest BCUT2D eigenvalue weighted by Crippen LogP contribution is -2.40. The molecular formula is C14H18Br2ClN5O4S2. The van der Waals surface area contributed by atoms with Gasteiger partial charge in [0.25, 0.3) is 9.05 Å². The van der Waals surface area contributed by atoms with Crippen molar-refractivity contribution in [2.45, 2.75) is 36.1 Å². The average Bonchev–Trinajstić information content (AvgIpc) is 2.49. The van der Waals surface area contributed by atoms with Gasteiger partial charge in [-0.3, -0.25) is 0 Å². The van der Waals surface area contributed by atoms with Crippen molar-refractivity contribution in [3.05, 3.63) is 33.5 Å². The minimum atomic E-state index is -3.80. The molecule has 0 saturated carbocycles. The zero-order chi connectivity index (χ0) is 21.9. The number of nitrogen functional groups attached to an aromatic ring is 2. The first-order chi connectivity index (χ1) is 12.5. The molecule has 0 saturated heterocycles. The van der Waals surface area contributed by atoms with E-state index < -0.39 is 24.6 Å². The Morgan fingerprint density at radius 3 is 1.68 bits per heavy atom. The Kier molecular flexibility index (Phi) is 8.25. The second-order valence-electron chi connectivity index (χ2n) is 6.37. The Bertz CT molecular complexity index is 1070. The number of nitrogens with zero attached hydrogens (tertiary/aromatic N) is 2. The number of hydrogen-bond donors (Lipinski definition) is 3. The van der Waals surface area contributed by atoms with Gasteiger partial charge in [-0.25, -0.2) is 31.5 Å². The number of anilines is 2. The van der Waals surface area contributed by atoms with Crippen molar-refractivity contribution in [2.24, 2.45) is 0 Å². The van der Waals surface area contributed by atoms with Gasteiger partial charge in [-0.15, -0.1) is 0 Å². The molecule has 0 aliphatic carbocycles. The molecule has 0 fully saturated rings. The van der Waals surface area contributed by atoms with Gasteiger partial charge in [0.1, 0.15) is 21.4 Å². The maximum Gasteiger partial charge on any atom is 0.265 e. The van der Waals surface area contributed by atoms with Crippen molar-refractivity contribution < 1.29 is 16.8 Å². The van der Waals surface area contributed by atoms with Crippen LogP contribution in [0.2, 0.25) is 0 Å². The van der Waals surface area contributed by atoms with E-state index in [1.54, 1.807) is 20.8 Å². The van der Waals surface area contributed by atoms with Gasteiger partial charge in [0.2, 0.25) is 10.0 Å². The Morgan fingerprint density at radius 2 is 1.32 bits per heavy atom. The zero-order valence-corrected chi connectivity index (χ0v) is 20.5. The highest BCUT2D eigenvalue weighted by molar-refractivity contribution is 9.10. The van der Waals surface area contributed by atoms with E-state index in [1.165, 1.54) is 24.5 Å². The Labute approximate surface area is 185 Å². The second-order valence-corrected chi connectivity index (χ2v) is 12.4. The van der Waals surface area contributed by atoms with E-state index in [-0.39, 0.29) is 21.4 Å². The van der Waals surface area contributed by atoms with Crippen LogP contribution in [0.25, 0.3) is 0 Å². The summed E-state index contributed by atoms with van der Waals surface area (Å²) in [5.74, 6) is -0.117. The van der Waals surface area contributed by atoms with Crippen LogP contribution in [0.1, 0.15) is 20.8 Å². The molecule has 2 heterocycles. The van der Waals surface area contributed by atoms with Gasteiger partial charge in [0.15, 0.2) is 0 Å².